The van der Waals surface area contributed by atoms with Crippen LogP contribution in [0.1, 0.15) is 41.9 Å². The predicted molar refractivity (Wildman–Crippen MR) is 117 cm³/mol. The fraction of sp³-hybridized carbons (Fsp3) is 0.261. The van der Waals surface area contributed by atoms with Crippen LogP contribution in [0, 0.1) is 0 Å². The Bertz CT molecular complexity index is 1170. The van der Waals surface area contributed by atoms with Gasteiger partial charge < -0.3 is 14.1 Å². The zero-order chi connectivity index (χ0) is 22.0. The molecule has 0 radical (unpaired) electrons. The van der Waals surface area contributed by atoms with Gasteiger partial charge in [0, 0.05) is 11.6 Å². The van der Waals surface area contributed by atoms with Crippen molar-refractivity contribution >= 4 is 21.6 Å². The summed E-state index contributed by atoms with van der Waals surface area (Å²) < 4.78 is 39.2. The fourth-order valence-electron chi connectivity index (χ4n) is 3.55. The van der Waals surface area contributed by atoms with E-state index < -0.39 is 10.0 Å². The summed E-state index contributed by atoms with van der Waals surface area (Å²) in [6, 6.07) is 16.3. The van der Waals surface area contributed by atoms with Gasteiger partial charge in [-0.15, -0.1) is 0 Å². The number of benzene rings is 2. The molecule has 1 aromatic heterocycles. The van der Waals surface area contributed by atoms with Crippen molar-refractivity contribution in [2.75, 3.05) is 11.8 Å². The molecule has 1 unspecified atom stereocenters. The highest BCUT2D eigenvalue weighted by Crippen LogP contribution is 2.36. The summed E-state index contributed by atoms with van der Waals surface area (Å²) in [5.41, 5.74) is 0.640. The number of methoxy groups -OCH3 is 1. The highest BCUT2D eigenvalue weighted by molar-refractivity contribution is 7.92. The van der Waals surface area contributed by atoms with Crippen molar-refractivity contribution in [1.29, 1.82) is 0 Å². The molecule has 0 spiro atoms. The van der Waals surface area contributed by atoms with Crippen molar-refractivity contribution in [2.45, 2.75) is 36.7 Å². The first-order valence-corrected chi connectivity index (χ1v) is 11.5. The Labute approximate surface area is 181 Å². The largest absolute Gasteiger partial charge is 0.495 e. The van der Waals surface area contributed by atoms with E-state index in [1.54, 1.807) is 53.6 Å². The SMILES string of the molecule is COc1ccccc1NS(=O)(=O)c1cccc(C(=O)N(C2CC2)C(C)c2ccco2)c1. The molecule has 0 bridgehead atoms. The van der Waals surface area contributed by atoms with Gasteiger partial charge in [-0.2, -0.15) is 0 Å². The molecule has 1 fully saturated rings. The van der Waals surface area contributed by atoms with E-state index >= 15 is 0 Å². The van der Waals surface area contributed by atoms with Gasteiger partial charge in [0.1, 0.15) is 11.5 Å². The second-order valence-electron chi connectivity index (χ2n) is 7.47. The Morgan fingerprint density at radius 1 is 1.13 bits per heavy atom. The number of nitrogens with one attached hydrogen (secondary N) is 1. The summed E-state index contributed by atoms with van der Waals surface area (Å²) in [4.78, 5) is 15.1. The third kappa shape index (κ3) is 4.44. The number of furan rings is 1. The van der Waals surface area contributed by atoms with Crippen LogP contribution in [-0.4, -0.2) is 32.4 Å². The van der Waals surface area contributed by atoms with Gasteiger partial charge in [0.2, 0.25) is 0 Å². The van der Waals surface area contributed by atoms with Crippen LogP contribution in [0.3, 0.4) is 0 Å². The molecule has 162 valence electrons. The highest BCUT2D eigenvalue weighted by Gasteiger charge is 2.37. The molecule has 4 rings (SSSR count). The number of hydrogen-bond donors (Lipinski definition) is 1. The summed E-state index contributed by atoms with van der Waals surface area (Å²) in [5, 5.41) is 0. The molecule has 7 nitrogen and oxygen atoms in total. The molecule has 0 saturated heterocycles. The molecule has 3 aromatic rings. The van der Waals surface area contributed by atoms with Crippen LogP contribution in [0.5, 0.6) is 5.75 Å². The Balaban J connectivity index is 1.62. The first kappa shape index (κ1) is 21.0. The lowest BCUT2D eigenvalue weighted by molar-refractivity contribution is 0.0652. The zero-order valence-electron chi connectivity index (χ0n) is 17.3. The lowest BCUT2D eigenvalue weighted by Crippen LogP contribution is -2.35. The summed E-state index contributed by atoms with van der Waals surface area (Å²) in [5.74, 6) is 0.882. The van der Waals surface area contributed by atoms with E-state index in [-0.39, 0.29) is 22.9 Å². The first-order chi connectivity index (χ1) is 14.9. The second-order valence-corrected chi connectivity index (χ2v) is 9.15. The van der Waals surface area contributed by atoms with Gasteiger partial charge in [0.15, 0.2) is 0 Å². The molecule has 8 heteroatoms. The molecular weight excluding hydrogens is 416 g/mol. The number of anilines is 1. The van der Waals surface area contributed by atoms with Crippen molar-refractivity contribution in [3.05, 3.63) is 78.3 Å². The normalized spacial score (nSPS) is 14.6. The third-order valence-corrected chi connectivity index (χ3v) is 6.65. The molecular formula is C23H24N2O5S. The number of hydrogen-bond acceptors (Lipinski definition) is 5. The smallest absolute Gasteiger partial charge is 0.262 e. The van der Waals surface area contributed by atoms with E-state index in [9.17, 15) is 13.2 Å². The summed E-state index contributed by atoms with van der Waals surface area (Å²) >= 11 is 0. The zero-order valence-corrected chi connectivity index (χ0v) is 18.1. The lowest BCUT2D eigenvalue weighted by atomic mass is 10.1. The van der Waals surface area contributed by atoms with Crippen LogP contribution in [0.25, 0.3) is 0 Å². The van der Waals surface area contributed by atoms with Crippen LogP contribution < -0.4 is 9.46 Å². The Hall–Kier alpha value is -3.26. The number of sulfonamides is 1. The summed E-state index contributed by atoms with van der Waals surface area (Å²) in [6.45, 7) is 1.92. The summed E-state index contributed by atoms with van der Waals surface area (Å²) in [7, 11) is -2.44. The molecule has 1 heterocycles. The number of carbonyl (C=O) groups excluding carboxylic acids is 1. The molecule has 1 aliphatic carbocycles. The van der Waals surface area contributed by atoms with E-state index in [1.165, 1.54) is 19.2 Å². The maximum absolute atomic E-state index is 13.3. The second kappa shape index (κ2) is 8.47. The van der Waals surface area contributed by atoms with Gasteiger partial charge in [-0.1, -0.05) is 18.2 Å². The highest BCUT2D eigenvalue weighted by atomic mass is 32.2. The van der Waals surface area contributed by atoms with Crippen LogP contribution in [-0.2, 0) is 10.0 Å². The van der Waals surface area contributed by atoms with Crippen LogP contribution in [0.4, 0.5) is 5.69 Å². The minimum atomic E-state index is -3.91. The van der Waals surface area contributed by atoms with Gasteiger partial charge in [-0.25, -0.2) is 8.42 Å². The van der Waals surface area contributed by atoms with Gasteiger partial charge >= 0.3 is 0 Å². The third-order valence-electron chi connectivity index (χ3n) is 5.29. The molecule has 1 amide bonds. The molecule has 0 aliphatic heterocycles. The average molecular weight is 441 g/mol. The molecule has 1 saturated carbocycles. The van der Waals surface area contributed by atoms with E-state index in [2.05, 4.69) is 4.72 Å². The van der Waals surface area contributed by atoms with Crippen molar-refractivity contribution in [3.8, 4) is 5.75 Å². The summed E-state index contributed by atoms with van der Waals surface area (Å²) in [6.07, 6.45) is 3.42. The van der Waals surface area contributed by atoms with Crippen LogP contribution in [0.2, 0.25) is 0 Å². The standard InChI is InChI=1S/C23H24N2O5S/c1-16(21-11-6-14-30-21)25(18-12-13-18)23(26)17-7-5-8-19(15-17)31(27,28)24-20-9-3-4-10-22(20)29-2/h3-11,14-16,18,24H,12-13H2,1-2H3. The van der Waals surface area contributed by atoms with E-state index in [0.717, 1.165) is 12.8 Å². The maximum Gasteiger partial charge on any atom is 0.262 e. The number of rotatable bonds is 8. The van der Waals surface area contributed by atoms with Gasteiger partial charge in [0.05, 0.1) is 30.0 Å². The number of carbonyl (C=O) groups is 1. The fourth-order valence-corrected chi connectivity index (χ4v) is 4.67. The first-order valence-electron chi connectivity index (χ1n) is 10.0. The van der Waals surface area contributed by atoms with Gasteiger partial charge in [-0.3, -0.25) is 9.52 Å². The van der Waals surface area contributed by atoms with Gasteiger partial charge in [-0.05, 0) is 62.2 Å². The molecule has 1 N–H and O–H groups in total. The average Bonchev–Trinajstić information content (AvgIpc) is 3.45. The minimum absolute atomic E-state index is 0.00524. The van der Waals surface area contributed by atoms with E-state index in [4.69, 9.17) is 9.15 Å². The Morgan fingerprint density at radius 2 is 1.90 bits per heavy atom. The number of para-hydroxylation sites is 2. The number of ether oxygens (including phenoxy) is 1. The quantitative estimate of drug-likeness (QED) is 0.559. The lowest BCUT2D eigenvalue weighted by Gasteiger charge is -2.28. The monoisotopic (exact) mass is 440 g/mol. The van der Waals surface area contributed by atoms with Gasteiger partial charge in [0.25, 0.3) is 15.9 Å². The minimum Gasteiger partial charge on any atom is -0.495 e. The molecule has 1 aliphatic rings. The van der Waals surface area contributed by atoms with Crippen molar-refractivity contribution in [3.63, 3.8) is 0 Å². The Kier molecular flexibility index (Phi) is 5.73. The van der Waals surface area contributed by atoms with Crippen molar-refractivity contribution in [1.82, 2.24) is 4.90 Å². The number of amides is 1. The van der Waals surface area contributed by atoms with E-state index in [0.29, 0.717) is 22.8 Å². The van der Waals surface area contributed by atoms with Crippen molar-refractivity contribution in [2.24, 2.45) is 0 Å². The molecule has 1 atom stereocenters. The van der Waals surface area contributed by atoms with E-state index in [1.807, 2.05) is 13.0 Å². The van der Waals surface area contributed by atoms with Crippen molar-refractivity contribution < 1.29 is 22.4 Å². The van der Waals surface area contributed by atoms with Crippen LogP contribution >= 0.6 is 0 Å². The van der Waals surface area contributed by atoms with Crippen LogP contribution in [0.15, 0.2) is 76.2 Å². The predicted octanol–water partition coefficient (Wildman–Crippen LogP) is 4.45. The topological polar surface area (TPSA) is 88.8 Å². The Morgan fingerprint density at radius 3 is 2.58 bits per heavy atom. The molecule has 2 aromatic carbocycles. The molecule has 31 heavy (non-hydrogen) atoms. The number of nitrogens with zero attached hydrogens (tertiary/aromatic N) is 1. The maximum atomic E-state index is 13.3.